The van der Waals surface area contributed by atoms with E-state index in [-0.39, 0.29) is 0 Å². The van der Waals surface area contributed by atoms with E-state index in [0.717, 1.165) is 17.5 Å². The highest BCUT2D eigenvalue weighted by Crippen LogP contribution is 2.25. The first-order chi connectivity index (χ1) is 13.3. The van der Waals surface area contributed by atoms with Crippen molar-refractivity contribution in [2.45, 2.75) is 12.3 Å². The van der Waals surface area contributed by atoms with Gasteiger partial charge in [-0.1, -0.05) is 18.2 Å². The Labute approximate surface area is 155 Å². The third kappa shape index (κ3) is 3.75. The molecule has 0 amide bonds. The van der Waals surface area contributed by atoms with Crippen molar-refractivity contribution in [2.24, 2.45) is 0 Å². The minimum atomic E-state index is -0.695. The van der Waals surface area contributed by atoms with Gasteiger partial charge in [0.25, 0.3) is 0 Å². The lowest BCUT2D eigenvalue weighted by molar-refractivity contribution is 0.525. The predicted octanol–water partition coefficient (Wildman–Crippen LogP) is 3.32. The number of fused-ring (bicyclic) bond motifs is 1. The second kappa shape index (κ2) is 7.62. The van der Waals surface area contributed by atoms with E-state index in [1.54, 1.807) is 18.5 Å². The Hall–Kier alpha value is -3.79. The van der Waals surface area contributed by atoms with E-state index < -0.39 is 5.92 Å². The summed E-state index contributed by atoms with van der Waals surface area (Å²) in [5.41, 5.74) is 3.04. The molecule has 0 radical (unpaired) electrons. The second-order valence-corrected chi connectivity index (χ2v) is 5.93. The number of rotatable bonds is 6. The van der Waals surface area contributed by atoms with Gasteiger partial charge in [0, 0.05) is 25.1 Å². The highest BCUT2D eigenvalue weighted by Gasteiger charge is 2.22. The van der Waals surface area contributed by atoms with Crippen LogP contribution in [0.1, 0.15) is 23.1 Å². The molecule has 0 aliphatic rings. The molecule has 0 bridgehead atoms. The number of nitrogens with zero attached hydrogens (tertiary/aromatic N) is 5. The van der Waals surface area contributed by atoms with Crippen LogP contribution in [0.5, 0.6) is 0 Å². The van der Waals surface area contributed by atoms with Gasteiger partial charge in [-0.2, -0.15) is 5.26 Å². The molecule has 1 aromatic carbocycles. The molecule has 0 saturated carbocycles. The number of aromatic nitrogens is 4. The van der Waals surface area contributed by atoms with Crippen molar-refractivity contribution in [3.63, 3.8) is 0 Å². The van der Waals surface area contributed by atoms with Crippen LogP contribution in [0, 0.1) is 11.3 Å². The summed E-state index contributed by atoms with van der Waals surface area (Å²) in [5, 5.41) is 12.8. The minimum Gasteiger partial charge on any atom is -0.439 e. The number of hydrogen-bond acceptors (Lipinski definition) is 7. The van der Waals surface area contributed by atoms with Crippen LogP contribution >= 0.6 is 0 Å². The lowest BCUT2D eigenvalue weighted by Gasteiger charge is -2.08. The molecule has 132 valence electrons. The summed E-state index contributed by atoms with van der Waals surface area (Å²) in [6.07, 6.45) is 6.01. The van der Waals surface area contributed by atoms with Crippen LogP contribution in [0.15, 0.2) is 65.5 Å². The van der Waals surface area contributed by atoms with Gasteiger partial charge in [0.15, 0.2) is 11.5 Å². The van der Waals surface area contributed by atoms with Gasteiger partial charge in [-0.15, -0.1) is 0 Å². The number of nitrogens with one attached hydrogen (secondary N) is 1. The number of pyridine rings is 1. The van der Waals surface area contributed by atoms with Gasteiger partial charge in [-0.05, 0) is 36.2 Å². The molecule has 0 aliphatic heterocycles. The Kier molecular flexibility index (Phi) is 4.70. The Morgan fingerprint density at radius 2 is 2.00 bits per heavy atom. The predicted molar refractivity (Wildman–Crippen MR) is 99.9 cm³/mol. The monoisotopic (exact) mass is 356 g/mol. The van der Waals surface area contributed by atoms with E-state index in [1.165, 1.54) is 0 Å². The second-order valence-electron chi connectivity index (χ2n) is 5.93. The Bertz CT molecular complexity index is 1050. The molecule has 0 fully saturated rings. The lowest BCUT2D eigenvalue weighted by Crippen LogP contribution is -2.10. The van der Waals surface area contributed by atoms with E-state index >= 15 is 0 Å². The Morgan fingerprint density at radius 1 is 1.07 bits per heavy atom. The molecular weight excluding hydrogens is 340 g/mol. The average Bonchev–Trinajstić information content (AvgIpc) is 3.13. The van der Waals surface area contributed by atoms with Gasteiger partial charge < -0.3 is 9.73 Å². The number of oxazole rings is 1. The standard InChI is InChI=1S/C20H16N6O/c21-12-15(19-25-17-5-1-2-6-18(17)27-19)16-8-11-24-20(26-16)23-10-7-14-4-3-9-22-13-14/h1-6,8-9,11,13,15H,7,10H2,(H,23,24,26). The SMILES string of the molecule is N#CC(c1ccnc(NCCc2cccnc2)n1)c1nc2ccccc2o1. The number of para-hydroxylation sites is 2. The van der Waals surface area contributed by atoms with Crippen LogP contribution in [0.2, 0.25) is 0 Å². The Morgan fingerprint density at radius 3 is 2.81 bits per heavy atom. The molecule has 3 aromatic heterocycles. The fourth-order valence-electron chi connectivity index (χ4n) is 2.74. The summed E-state index contributed by atoms with van der Waals surface area (Å²) in [4.78, 5) is 17.2. The van der Waals surface area contributed by atoms with Crippen LogP contribution in [-0.4, -0.2) is 26.5 Å². The summed E-state index contributed by atoms with van der Waals surface area (Å²) in [6.45, 7) is 0.662. The highest BCUT2D eigenvalue weighted by atomic mass is 16.3. The van der Waals surface area contributed by atoms with E-state index in [4.69, 9.17) is 4.42 Å². The zero-order valence-corrected chi connectivity index (χ0v) is 14.4. The van der Waals surface area contributed by atoms with Gasteiger partial charge in [0.2, 0.25) is 11.8 Å². The highest BCUT2D eigenvalue weighted by molar-refractivity contribution is 5.72. The van der Waals surface area contributed by atoms with Crippen molar-refractivity contribution in [1.82, 2.24) is 19.9 Å². The fraction of sp³-hybridized carbons (Fsp3) is 0.150. The molecule has 3 heterocycles. The molecule has 1 unspecified atom stereocenters. The zero-order chi connectivity index (χ0) is 18.5. The van der Waals surface area contributed by atoms with Crippen molar-refractivity contribution in [3.8, 4) is 6.07 Å². The topological polar surface area (TPSA) is 101 Å². The Balaban J connectivity index is 1.51. The van der Waals surface area contributed by atoms with Crippen molar-refractivity contribution in [1.29, 1.82) is 5.26 Å². The van der Waals surface area contributed by atoms with Gasteiger partial charge >= 0.3 is 0 Å². The number of benzene rings is 1. The van der Waals surface area contributed by atoms with Crippen LogP contribution in [-0.2, 0) is 6.42 Å². The maximum atomic E-state index is 9.64. The van der Waals surface area contributed by atoms with E-state index in [2.05, 4.69) is 31.3 Å². The molecule has 1 N–H and O–H groups in total. The lowest BCUT2D eigenvalue weighted by atomic mass is 10.1. The maximum Gasteiger partial charge on any atom is 0.222 e. The van der Waals surface area contributed by atoms with E-state index in [0.29, 0.717) is 29.7 Å². The van der Waals surface area contributed by atoms with Crippen LogP contribution < -0.4 is 5.32 Å². The summed E-state index contributed by atoms with van der Waals surface area (Å²) in [6, 6.07) is 15.3. The summed E-state index contributed by atoms with van der Waals surface area (Å²) < 4.78 is 5.73. The fourth-order valence-corrected chi connectivity index (χ4v) is 2.74. The summed E-state index contributed by atoms with van der Waals surface area (Å²) >= 11 is 0. The van der Waals surface area contributed by atoms with Crippen LogP contribution in [0.3, 0.4) is 0 Å². The first-order valence-electron chi connectivity index (χ1n) is 8.54. The summed E-state index contributed by atoms with van der Waals surface area (Å²) in [5.74, 6) is 0.103. The van der Waals surface area contributed by atoms with Crippen LogP contribution in [0.4, 0.5) is 5.95 Å². The first kappa shape index (κ1) is 16.7. The maximum absolute atomic E-state index is 9.64. The van der Waals surface area contributed by atoms with Gasteiger partial charge in [0.05, 0.1) is 11.8 Å². The molecular formula is C20H16N6O. The molecule has 4 rings (SSSR count). The van der Waals surface area contributed by atoms with Gasteiger partial charge in [0.1, 0.15) is 5.52 Å². The van der Waals surface area contributed by atoms with Crippen molar-refractivity contribution < 1.29 is 4.42 Å². The van der Waals surface area contributed by atoms with Crippen molar-refractivity contribution >= 4 is 17.0 Å². The molecule has 7 nitrogen and oxygen atoms in total. The molecule has 0 saturated heterocycles. The summed E-state index contributed by atoms with van der Waals surface area (Å²) in [7, 11) is 0. The third-order valence-electron chi connectivity index (χ3n) is 4.08. The van der Waals surface area contributed by atoms with Gasteiger partial charge in [-0.25, -0.2) is 15.0 Å². The zero-order valence-electron chi connectivity index (χ0n) is 14.4. The quantitative estimate of drug-likeness (QED) is 0.565. The largest absolute Gasteiger partial charge is 0.439 e. The molecule has 4 aromatic rings. The molecule has 1 atom stereocenters. The van der Waals surface area contributed by atoms with Crippen LogP contribution in [0.25, 0.3) is 11.1 Å². The number of anilines is 1. The van der Waals surface area contributed by atoms with E-state index in [1.807, 2.05) is 42.6 Å². The first-order valence-corrected chi connectivity index (χ1v) is 8.54. The van der Waals surface area contributed by atoms with Gasteiger partial charge in [-0.3, -0.25) is 4.98 Å². The average molecular weight is 356 g/mol. The molecule has 27 heavy (non-hydrogen) atoms. The molecule has 0 spiro atoms. The normalized spacial score (nSPS) is 11.8. The molecule has 7 heteroatoms. The van der Waals surface area contributed by atoms with E-state index in [9.17, 15) is 5.26 Å². The minimum absolute atomic E-state index is 0.332. The molecule has 0 aliphatic carbocycles. The smallest absolute Gasteiger partial charge is 0.222 e. The number of hydrogen-bond donors (Lipinski definition) is 1. The number of nitriles is 1. The third-order valence-corrected chi connectivity index (χ3v) is 4.08. The van der Waals surface area contributed by atoms with Crippen molar-refractivity contribution in [2.75, 3.05) is 11.9 Å². The van der Waals surface area contributed by atoms with Crippen molar-refractivity contribution in [3.05, 3.63) is 78.2 Å².